The number of amides is 1. The van der Waals surface area contributed by atoms with Crippen molar-refractivity contribution >= 4 is 40.8 Å². The number of aromatic nitrogens is 6. The van der Waals surface area contributed by atoms with Crippen LogP contribution in [0.25, 0.3) is 16.9 Å². The van der Waals surface area contributed by atoms with Crippen LogP contribution in [0.5, 0.6) is 0 Å². The number of hydrogen-bond donors (Lipinski definition) is 2. The summed E-state index contributed by atoms with van der Waals surface area (Å²) in [6.07, 6.45) is -3.70. The Hall–Kier alpha value is -4.73. The first-order valence-electron chi connectivity index (χ1n) is 10.3. The van der Waals surface area contributed by atoms with Gasteiger partial charge in [0, 0.05) is 11.3 Å². The Morgan fingerprint density at radius 3 is 2.70 bits per heavy atom. The Balaban J connectivity index is 1.40. The Morgan fingerprint density at radius 2 is 1.95 bits per heavy atom. The summed E-state index contributed by atoms with van der Waals surface area (Å²) >= 11 is 1.14. The van der Waals surface area contributed by atoms with Crippen molar-refractivity contribution in [2.75, 3.05) is 5.73 Å². The Bertz CT molecular complexity index is 1580. The number of anilines is 1. The van der Waals surface area contributed by atoms with E-state index in [4.69, 9.17) is 10.2 Å². The van der Waals surface area contributed by atoms with Crippen molar-refractivity contribution < 1.29 is 27.0 Å². The van der Waals surface area contributed by atoms with Crippen LogP contribution in [0.2, 0.25) is 0 Å². The predicted octanol–water partition coefficient (Wildman–Crippen LogP) is 3.45. The highest BCUT2D eigenvalue weighted by atomic mass is 32.2. The number of nitrogens with two attached hydrogens (primary N) is 1. The summed E-state index contributed by atoms with van der Waals surface area (Å²) in [5.41, 5.74) is 8.05. The molecule has 3 aromatic heterocycles. The number of nitrogen functional groups attached to an aromatic ring is 1. The molecule has 37 heavy (non-hydrogen) atoms. The number of alkyl halides is 3. The lowest BCUT2D eigenvalue weighted by atomic mass is 10.1. The number of carbonyl (C=O) groups excluding carboxylic acids is 1. The molecule has 0 aliphatic rings. The van der Waals surface area contributed by atoms with E-state index in [1.165, 1.54) is 18.2 Å². The minimum atomic E-state index is -4.59. The molecular formula is C21H14F3N9O3S. The zero-order chi connectivity index (χ0) is 26.0. The van der Waals surface area contributed by atoms with Crippen LogP contribution in [-0.4, -0.2) is 42.4 Å². The second-order valence-electron chi connectivity index (χ2n) is 7.29. The molecule has 0 saturated carbocycles. The van der Waals surface area contributed by atoms with Crippen molar-refractivity contribution in [1.29, 1.82) is 0 Å². The third-order valence-electron chi connectivity index (χ3n) is 4.92. The quantitative estimate of drug-likeness (QED) is 0.181. The third kappa shape index (κ3) is 4.99. The highest BCUT2D eigenvalue weighted by molar-refractivity contribution is 7.98. The van der Waals surface area contributed by atoms with Crippen LogP contribution in [0, 0.1) is 0 Å². The van der Waals surface area contributed by atoms with Crippen molar-refractivity contribution in [3.8, 4) is 5.82 Å². The molecule has 0 radical (unpaired) electrons. The molecule has 0 atom stereocenters. The van der Waals surface area contributed by atoms with Gasteiger partial charge in [-0.3, -0.25) is 4.79 Å². The van der Waals surface area contributed by atoms with Gasteiger partial charge in [0.25, 0.3) is 11.1 Å². The largest absolute Gasteiger partial charge is 0.431 e. The first-order valence-corrected chi connectivity index (χ1v) is 11.3. The summed E-state index contributed by atoms with van der Waals surface area (Å²) in [6, 6.07) is 12.0. The second-order valence-corrected chi connectivity index (χ2v) is 8.22. The first-order chi connectivity index (χ1) is 17.8. The van der Waals surface area contributed by atoms with Gasteiger partial charge >= 0.3 is 6.18 Å². The zero-order valence-corrected chi connectivity index (χ0v) is 19.2. The number of nitrogens with one attached hydrogen (secondary N) is 1. The molecule has 2 aromatic carbocycles. The number of para-hydroxylation sites is 2. The van der Waals surface area contributed by atoms with Gasteiger partial charge in [-0.15, -0.1) is 5.10 Å². The van der Waals surface area contributed by atoms with Gasteiger partial charge in [0.1, 0.15) is 5.52 Å². The van der Waals surface area contributed by atoms with Gasteiger partial charge in [0.05, 0.1) is 17.5 Å². The summed E-state index contributed by atoms with van der Waals surface area (Å²) in [5.74, 6) is -0.889. The summed E-state index contributed by atoms with van der Waals surface area (Å²) in [5, 5.41) is 18.9. The van der Waals surface area contributed by atoms with Crippen molar-refractivity contribution in [3.63, 3.8) is 0 Å². The standard InChI is InChI=1S/C21H14F3N9O3S/c22-21(23,24)12-6-2-1-5-11(12)9-26-29-19(34)16-14(33(32-28-16)18-17(25)30-36-31-18)10-37-20-27-13-7-3-4-8-15(13)35-20/h1-9H,10H2,(H2,25,30)(H,29,34). The maximum Gasteiger partial charge on any atom is 0.417 e. The normalized spacial score (nSPS) is 12.0. The van der Waals surface area contributed by atoms with Gasteiger partial charge < -0.3 is 10.2 Å². The SMILES string of the molecule is Nc1nonc1-n1nnc(C(=O)NN=Cc2ccccc2C(F)(F)F)c1CSc1nc2ccccc2o1. The summed E-state index contributed by atoms with van der Waals surface area (Å²) in [7, 11) is 0. The van der Waals surface area contributed by atoms with E-state index in [0.29, 0.717) is 16.3 Å². The van der Waals surface area contributed by atoms with Crippen molar-refractivity contribution in [1.82, 2.24) is 35.7 Å². The number of carbonyl (C=O) groups is 1. The molecule has 12 nitrogen and oxygen atoms in total. The fourth-order valence-corrected chi connectivity index (χ4v) is 4.07. The number of nitrogens with zero attached hydrogens (tertiary/aromatic N) is 7. The van der Waals surface area contributed by atoms with Crippen LogP contribution in [0.4, 0.5) is 19.0 Å². The minimum absolute atomic E-state index is 0.0117. The van der Waals surface area contributed by atoms with E-state index in [0.717, 1.165) is 28.7 Å². The van der Waals surface area contributed by atoms with Crippen LogP contribution >= 0.6 is 11.8 Å². The van der Waals surface area contributed by atoms with Gasteiger partial charge in [0.15, 0.2) is 11.3 Å². The van der Waals surface area contributed by atoms with E-state index in [-0.39, 0.29) is 34.3 Å². The lowest BCUT2D eigenvalue weighted by Crippen LogP contribution is -2.20. The van der Waals surface area contributed by atoms with Crippen LogP contribution in [-0.2, 0) is 11.9 Å². The molecule has 3 heterocycles. The van der Waals surface area contributed by atoms with E-state index in [1.807, 2.05) is 6.07 Å². The molecule has 0 unspecified atom stereocenters. The fraction of sp³-hybridized carbons (Fsp3) is 0.0952. The van der Waals surface area contributed by atoms with Gasteiger partial charge in [-0.1, -0.05) is 47.3 Å². The molecule has 0 aliphatic carbocycles. The van der Waals surface area contributed by atoms with Gasteiger partial charge in [-0.25, -0.2) is 15.0 Å². The van der Waals surface area contributed by atoms with E-state index < -0.39 is 17.6 Å². The highest BCUT2D eigenvalue weighted by Crippen LogP contribution is 2.31. The molecule has 3 N–H and O–H groups in total. The lowest BCUT2D eigenvalue weighted by Gasteiger charge is -2.09. The number of halogens is 3. The molecule has 0 bridgehead atoms. The highest BCUT2D eigenvalue weighted by Gasteiger charge is 2.32. The smallest absolute Gasteiger partial charge is 0.417 e. The van der Waals surface area contributed by atoms with Crippen LogP contribution in [0.1, 0.15) is 27.3 Å². The molecular weight excluding hydrogens is 515 g/mol. The maximum absolute atomic E-state index is 13.2. The monoisotopic (exact) mass is 529 g/mol. The molecule has 16 heteroatoms. The number of hydrogen-bond acceptors (Lipinski definition) is 11. The molecule has 0 aliphatic heterocycles. The number of thioether (sulfide) groups is 1. The summed E-state index contributed by atoms with van der Waals surface area (Å²) in [6.45, 7) is 0. The number of hydrazone groups is 1. The Kier molecular flexibility index (Phi) is 6.31. The molecule has 0 fully saturated rings. The number of fused-ring (bicyclic) bond motifs is 1. The predicted molar refractivity (Wildman–Crippen MR) is 124 cm³/mol. The van der Waals surface area contributed by atoms with Gasteiger partial charge in [-0.2, -0.15) is 23.0 Å². The molecule has 5 aromatic rings. The van der Waals surface area contributed by atoms with E-state index in [9.17, 15) is 18.0 Å². The third-order valence-corrected chi connectivity index (χ3v) is 5.76. The Labute approximate surface area is 208 Å². The topological polar surface area (TPSA) is 163 Å². The van der Waals surface area contributed by atoms with Gasteiger partial charge in [0.2, 0.25) is 11.6 Å². The number of benzene rings is 2. The van der Waals surface area contributed by atoms with E-state index in [2.05, 4.69) is 40.8 Å². The van der Waals surface area contributed by atoms with E-state index in [1.54, 1.807) is 18.2 Å². The lowest BCUT2D eigenvalue weighted by molar-refractivity contribution is -0.137. The zero-order valence-electron chi connectivity index (χ0n) is 18.4. The number of oxazole rings is 1. The van der Waals surface area contributed by atoms with Crippen molar-refractivity contribution in [3.05, 3.63) is 71.0 Å². The maximum atomic E-state index is 13.2. The summed E-state index contributed by atoms with van der Waals surface area (Å²) in [4.78, 5) is 17.2. The fourth-order valence-electron chi connectivity index (χ4n) is 3.24. The van der Waals surface area contributed by atoms with Crippen LogP contribution in [0.15, 0.2) is 67.9 Å². The molecule has 1 amide bonds. The molecule has 0 spiro atoms. The van der Waals surface area contributed by atoms with Crippen LogP contribution in [0.3, 0.4) is 0 Å². The van der Waals surface area contributed by atoms with Gasteiger partial charge in [-0.05, 0) is 28.5 Å². The van der Waals surface area contributed by atoms with Crippen molar-refractivity contribution in [2.45, 2.75) is 17.2 Å². The Morgan fingerprint density at radius 1 is 1.16 bits per heavy atom. The van der Waals surface area contributed by atoms with E-state index >= 15 is 0 Å². The van der Waals surface area contributed by atoms with Crippen molar-refractivity contribution in [2.24, 2.45) is 5.10 Å². The molecule has 0 saturated heterocycles. The number of rotatable bonds is 7. The average Bonchev–Trinajstić information content (AvgIpc) is 3.59. The minimum Gasteiger partial charge on any atom is -0.431 e. The molecule has 188 valence electrons. The van der Waals surface area contributed by atoms with Crippen LogP contribution < -0.4 is 11.2 Å². The average molecular weight is 529 g/mol. The second kappa shape index (κ2) is 9.73. The first kappa shape index (κ1) is 24.0. The summed E-state index contributed by atoms with van der Waals surface area (Å²) < 4.78 is 51.1. The molecule has 5 rings (SSSR count).